The fourth-order valence-electron chi connectivity index (χ4n) is 1.86. The molecule has 0 unspecified atom stereocenters. The third kappa shape index (κ3) is 4.47. The smallest absolute Gasteiger partial charge is 0.171 e. The Kier molecular flexibility index (Phi) is 4.47. The van der Waals surface area contributed by atoms with Gasteiger partial charge in [0.1, 0.15) is 0 Å². The van der Waals surface area contributed by atoms with Crippen molar-refractivity contribution in [1.29, 1.82) is 0 Å². The van der Waals surface area contributed by atoms with Crippen molar-refractivity contribution in [3.63, 3.8) is 0 Å². The van der Waals surface area contributed by atoms with Crippen LogP contribution < -0.4 is 0 Å². The van der Waals surface area contributed by atoms with Gasteiger partial charge in [0.15, 0.2) is 0 Å². The van der Waals surface area contributed by atoms with Crippen LogP contribution in [0.5, 0.6) is 0 Å². The van der Waals surface area contributed by atoms with E-state index in [-0.39, 0.29) is 0 Å². The number of halogens is 3. The lowest BCUT2D eigenvalue weighted by molar-refractivity contribution is -0.136. The van der Waals surface area contributed by atoms with Gasteiger partial charge in [-0.1, -0.05) is 60.4 Å². The Morgan fingerprint density at radius 1 is 0.850 bits per heavy atom. The van der Waals surface area contributed by atoms with Crippen molar-refractivity contribution in [2.24, 2.45) is 0 Å². The summed E-state index contributed by atoms with van der Waals surface area (Å²) in [6.07, 6.45) is -5.16. The average molecular weight is 274 g/mol. The van der Waals surface area contributed by atoms with E-state index in [4.69, 9.17) is 0 Å². The molecule has 0 N–H and O–H groups in total. The summed E-state index contributed by atoms with van der Waals surface area (Å²) < 4.78 is 37.9. The van der Waals surface area contributed by atoms with Crippen molar-refractivity contribution in [3.8, 4) is 11.8 Å². The standard InChI is InChI=1S/C17H13F3/c18-17(19,20)13-16(15-9-5-2-6-10-15)12-11-14-7-3-1-4-8-14/h1-10,16H,13H2/t16-/m1/s1. The molecule has 0 heterocycles. The molecule has 102 valence electrons. The van der Waals surface area contributed by atoms with Gasteiger partial charge in [-0.3, -0.25) is 0 Å². The lowest BCUT2D eigenvalue weighted by Crippen LogP contribution is -2.13. The first-order chi connectivity index (χ1) is 9.54. The molecule has 2 aromatic rings. The van der Waals surface area contributed by atoms with Crippen molar-refractivity contribution in [2.75, 3.05) is 0 Å². The fraction of sp³-hybridized carbons (Fsp3) is 0.176. The quantitative estimate of drug-likeness (QED) is 0.692. The Morgan fingerprint density at radius 3 is 1.95 bits per heavy atom. The highest BCUT2D eigenvalue weighted by Gasteiger charge is 2.31. The molecule has 2 aromatic carbocycles. The minimum Gasteiger partial charge on any atom is -0.171 e. The maximum absolute atomic E-state index is 12.6. The Labute approximate surface area is 116 Å². The molecule has 0 aliphatic carbocycles. The monoisotopic (exact) mass is 274 g/mol. The molecule has 0 amide bonds. The molecular weight excluding hydrogens is 261 g/mol. The van der Waals surface area contributed by atoms with Crippen LogP contribution in [0.3, 0.4) is 0 Å². The minimum absolute atomic E-state index is 0.591. The van der Waals surface area contributed by atoms with E-state index in [1.807, 2.05) is 18.2 Å². The van der Waals surface area contributed by atoms with Gasteiger partial charge < -0.3 is 0 Å². The zero-order valence-corrected chi connectivity index (χ0v) is 10.7. The number of hydrogen-bond donors (Lipinski definition) is 0. The van der Waals surface area contributed by atoms with Crippen LogP contribution in [-0.2, 0) is 0 Å². The van der Waals surface area contributed by atoms with Gasteiger partial charge >= 0.3 is 6.18 Å². The minimum atomic E-state index is -4.23. The van der Waals surface area contributed by atoms with Gasteiger partial charge in [0.05, 0.1) is 12.3 Å². The molecule has 1 atom stereocenters. The summed E-state index contributed by atoms with van der Waals surface area (Å²) in [6, 6.07) is 17.6. The third-order valence-corrected chi connectivity index (χ3v) is 2.80. The van der Waals surface area contributed by atoms with Gasteiger partial charge in [-0.2, -0.15) is 13.2 Å². The van der Waals surface area contributed by atoms with Crippen LogP contribution in [0.4, 0.5) is 13.2 Å². The van der Waals surface area contributed by atoms with E-state index in [1.165, 1.54) is 0 Å². The van der Waals surface area contributed by atoms with E-state index in [2.05, 4.69) is 11.8 Å². The van der Waals surface area contributed by atoms with Crippen LogP contribution in [0, 0.1) is 11.8 Å². The number of rotatable bonds is 2. The number of alkyl halides is 3. The highest BCUT2D eigenvalue weighted by Crippen LogP contribution is 2.30. The molecule has 0 saturated heterocycles. The van der Waals surface area contributed by atoms with E-state index >= 15 is 0 Å². The topological polar surface area (TPSA) is 0 Å². The molecule has 0 spiro atoms. The van der Waals surface area contributed by atoms with Crippen LogP contribution in [-0.4, -0.2) is 6.18 Å². The van der Waals surface area contributed by atoms with Gasteiger partial charge in [0, 0.05) is 5.56 Å². The maximum Gasteiger partial charge on any atom is 0.390 e. The third-order valence-electron chi connectivity index (χ3n) is 2.80. The van der Waals surface area contributed by atoms with Crippen molar-refractivity contribution in [3.05, 3.63) is 71.8 Å². The predicted molar refractivity (Wildman–Crippen MR) is 73.2 cm³/mol. The van der Waals surface area contributed by atoms with Crippen molar-refractivity contribution in [1.82, 2.24) is 0 Å². The molecule has 20 heavy (non-hydrogen) atoms. The van der Waals surface area contributed by atoms with Crippen molar-refractivity contribution < 1.29 is 13.2 Å². The SMILES string of the molecule is FC(F)(F)C[C@@H](C#Cc1ccccc1)c1ccccc1. The Morgan fingerprint density at radius 2 is 1.40 bits per heavy atom. The first kappa shape index (κ1) is 14.2. The summed E-state index contributed by atoms with van der Waals surface area (Å²) in [6.45, 7) is 0. The Bertz CT molecular complexity index is 589. The van der Waals surface area contributed by atoms with Gasteiger partial charge in [-0.25, -0.2) is 0 Å². The van der Waals surface area contributed by atoms with Gasteiger partial charge in [0.2, 0.25) is 0 Å². The normalized spacial score (nSPS) is 12.3. The number of benzene rings is 2. The van der Waals surface area contributed by atoms with E-state index < -0.39 is 18.5 Å². The molecule has 0 aliphatic rings. The molecule has 0 aromatic heterocycles. The van der Waals surface area contributed by atoms with Crippen molar-refractivity contribution in [2.45, 2.75) is 18.5 Å². The summed E-state index contributed by atoms with van der Waals surface area (Å²) in [5.74, 6) is 4.72. The summed E-state index contributed by atoms with van der Waals surface area (Å²) in [7, 11) is 0. The molecule has 0 radical (unpaired) electrons. The Balaban J connectivity index is 2.26. The van der Waals surface area contributed by atoms with E-state index in [0.717, 1.165) is 5.56 Å². The molecule has 3 heteroatoms. The highest BCUT2D eigenvalue weighted by molar-refractivity contribution is 5.37. The first-order valence-electron chi connectivity index (χ1n) is 6.23. The summed E-state index contributed by atoms with van der Waals surface area (Å²) >= 11 is 0. The zero-order valence-electron chi connectivity index (χ0n) is 10.7. The summed E-state index contributed by atoms with van der Waals surface area (Å²) in [4.78, 5) is 0. The van der Waals surface area contributed by atoms with Gasteiger partial charge in [-0.15, -0.1) is 0 Å². The molecule has 0 fully saturated rings. The summed E-state index contributed by atoms with van der Waals surface area (Å²) in [5, 5.41) is 0. The molecule has 0 saturated carbocycles. The Hall–Kier alpha value is -2.21. The lowest BCUT2D eigenvalue weighted by Gasteiger charge is -2.13. The van der Waals surface area contributed by atoms with E-state index in [9.17, 15) is 13.2 Å². The van der Waals surface area contributed by atoms with Crippen LogP contribution in [0.1, 0.15) is 23.5 Å². The second-order valence-corrected chi connectivity index (χ2v) is 4.42. The molecule has 0 aliphatic heterocycles. The predicted octanol–water partition coefficient (Wildman–Crippen LogP) is 4.77. The summed E-state index contributed by atoms with van der Waals surface area (Å²) in [5.41, 5.74) is 1.31. The molecular formula is C17H13F3. The van der Waals surface area contributed by atoms with Gasteiger partial charge in [-0.05, 0) is 17.7 Å². The maximum atomic E-state index is 12.6. The number of hydrogen-bond acceptors (Lipinski definition) is 0. The van der Waals surface area contributed by atoms with Crippen LogP contribution >= 0.6 is 0 Å². The lowest BCUT2D eigenvalue weighted by atomic mass is 9.95. The highest BCUT2D eigenvalue weighted by atomic mass is 19.4. The molecule has 0 nitrogen and oxygen atoms in total. The molecule has 0 bridgehead atoms. The largest absolute Gasteiger partial charge is 0.390 e. The molecule has 2 rings (SSSR count). The van der Waals surface area contributed by atoms with Crippen LogP contribution in [0.25, 0.3) is 0 Å². The second-order valence-electron chi connectivity index (χ2n) is 4.42. The van der Waals surface area contributed by atoms with Crippen molar-refractivity contribution >= 4 is 0 Å². The average Bonchev–Trinajstić information content (AvgIpc) is 2.44. The first-order valence-corrected chi connectivity index (χ1v) is 6.23. The fourth-order valence-corrected chi connectivity index (χ4v) is 1.86. The zero-order chi connectivity index (χ0) is 14.4. The van der Waals surface area contributed by atoms with Crippen LogP contribution in [0.2, 0.25) is 0 Å². The van der Waals surface area contributed by atoms with E-state index in [0.29, 0.717) is 5.56 Å². The van der Waals surface area contributed by atoms with Crippen LogP contribution in [0.15, 0.2) is 60.7 Å². The van der Waals surface area contributed by atoms with E-state index in [1.54, 1.807) is 42.5 Å². The second kappa shape index (κ2) is 6.29. The van der Waals surface area contributed by atoms with Gasteiger partial charge in [0.25, 0.3) is 0 Å².